The van der Waals surface area contributed by atoms with Crippen molar-refractivity contribution in [3.63, 3.8) is 0 Å². The van der Waals surface area contributed by atoms with Crippen LogP contribution in [0.3, 0.4) is 0 Å². The number of halogens is 1. The molecule has 1 N–H and O–H groups in total. The number of anilines is 1. The molecule has 8 heteroatoms. The zero-order valence-corrected chi connectivity index (χ0v) is 19.0. The molecule has 0 bridgehead atoms. The average molecular weight is 452 g/mol. The second kappa shape index (κ2) is 10.6. The molecule has 0 atom stereocenters. The average Bonchev–Trinajstić information content (AvgIpc) is 2.81. The first-order valence-electron chi connectivity index (χ1n) is 11.4. The van der Waals surface area contributed by atoms with E-state index in [9.17, 15) is 14.0 Å². The van der Waals surface area contributed by atoms with Crippen LogP contribution >= 0.6 is 0 Å². The predicted molar refractivity (Wildman–Crippen MR) is 128 cm³/mol. The topological polar surface area (TPSA) is 70.5 Å². The molecule has 4 rings (SSSR count). The van der Waals surface area contributed by atoms with Gasteiger partial charge in [-0.3, -0.25) is 19.1 Å². The molecule has 3 aromatic rings. The summed E-state index contributed by atoms with van der Waals surface area (Å²) in [5, 5.41) is 3.04. The summed E-state index contributed by atoms with van der Waals surface area (Å²) < 4.78 is 14.6. The van der Waals surface area contributed by atoms with Crippen molar-refractivity contribution < 1.29 is 9.18 Å². The van der Waals surface area contributed by atoms with Gasteiger partial charge in [0.1, 0.15) is 12.4 Å². The molecule has 1 saturated heterocycles. The van der Waals surface area contributed by atoms with Crippen LogP contribution < -0.4 is 15.8 Å². The number of aryl methyl sites for hydroxylation is 1. The van der Waals surface area contributed by atoms with E-state index >= 15 is 0 Å². The number of hydrogen-bond acceptors (Lipinski definition) is 5. The third-order valence-electron chi connectivity index (χ3n) is 6.06. The lowest BCUT2D eigenvalue weighted by Crippen LogP contribution is -2.46. The highest BCUT2D eigenvalue weighted by atomic mass is 19.1. The fraction of sp³-hybridized carbons (Fsp3) is 0.400. The standard InChI is InChI=1S/C25H30FN5O2/c1-19-5-4-6-21(15-19)30-13-11-29(12-14-30)10-3-2-9-27-24(32)17-31-18-28-23-8-7-20(26)16-22(23)25(31)33/h4-8,15-16,18H,2-3,9-14,17H2,1H3,(H,27,32). The predicted octanol–water partition coefficient (Wildman–Crippen LogP) is 2.56. The number of unbranched alkanes of at least 4 members (excludes halogenated alkanes) is 1. The molecule has 2 heterocycles. The van der Waals surface area contributed by atoms with Crippen molar-refractivity contribution in [2.75, 3.05) is 44.2 Å². The van der Waals surface area contributed by atoms with Crippen molar-refractivity contribution in [3.8, 4) is 0 Å². The van der Waals surface area contributed by atoms with Crippen LogP contribution in [-0.2, 0) is 11.3 Å². The number of hydrogen-bond donors (Lipinski definition) is 1. The monoisotopic (exact) mass is 451 g/mol. The second-order valence-corrected chi connectivity index (χ2v) is 8.56. The minimum atomic E-state index is -0.500. The zero-order chi connectivity index (χ0) is 23.2. The molecule has 0 saturated carbocycles. The van der Waals surface area contributed by atoms with Crippen LogP contribution in [0.2, 0.25) is 0 Å². The molecule has 0 spiro atoms. The molecule has 1 aliphatic heterocycles. The number of piperazine rings is 1. The molecule has 1 amide bonds. The number of amides is 1. The molecule has 2 aromatic carbocycles. The van der Waals surface area contributed by atoms with E-state index in [2.05, 4.69) is 51.3 Å². The van der Waals surface area contributed by atoms with Gasteiger partial charge in [0.25, 0.3) is 5.56 Å². The van der Waals surface area contributed by atoms with Crippen LogP contribution in [0.5, 0.6) is 0 Å². The van der Waals surface area contributed by atoms with Crippen LogP contribution in [0.25, 0.3) is 10.9 Å². The van der Waals surface area contributed by atoms with Gasteiger partial charge in [0.15, 0.2) is 0 Å². The SMILES string of the molecule is Cc1cccc(N2CCN(CCCCNC(=O)Cn3cnc4ccc(F)cc4c3=O)CC2)c1. The maximum Gasteiger partial charge on any atom is 0.261 e. The van der Waals surface area contributed by atoms with Gasteiger partial charge < -0.3 is 10.2 Å². The third kappa shape index (κ3) is 5.96. The first-order valence-corrected chi connectivity index (χ1v) is 11.4. The van der Waals surface area contributed by atoms with Crippen molar-refractivity contribution in [3.05, 3.63) is 70.5 Å². The number of rotatable bonds is 8. The van der Waals surface area contributed by atoms with E-state index in [-0.39, 0.29) is 17.8 Å². The normalized spacial score (nSPS) is 14.5. The Bertz CT molecular complexity index is 1170. The number of carbonyl (C=O) groups is 1. The van der Waals surface area contributed by atoms with E-state index in [1.165, 1.54) is 34.3 Å². The van der Waals surface area contributed by atoms with Gasteiger partial charge in [-0.2, -0.15) is 0 Å². The second-order valence-electron chi connectivity index (χ2n) is 8.56. The summed E-state index contributed by atoms with van der Waals surface area (Å²) in [6.07, 6.45) is 3.21. The van der Waals surface area contributed by atoms with Gasteiger partial charge in [0.2, 0.25) is 5.91 Å². The van der Waals surface area contributed by atoms with E-state index < -0.39 is 11.4 Å². The molecule has 174 valence electrons. The minimum Gasteiger partial charge on any atom is -0.369 e. The largest absolute Gasteiger partial charge is 0.369 e. The summed E-state index contributed by atoms with van der Waals surface area (Å²) >= 11 is 0. The Morgan fingerprint density at radius 2 is 1.91 bits per heavy atom. The number of benzene rings is 2. The van der Waals surface area contributed by atoms with Gasteiger partial charge in [-0.15, -0.1) is 0 Å². The molecular formula is C25H30FN5O2. The molecular weight excluding hydrogens is 421 g/mol. The maximum atomic E-state index is 13.4. The smallest absolute Gasteiger partial charge is 0.261 e. The summed E-state index contributed by atoms with van der Waals surface area (Å²) in [7, 11) is 0. The van der Waals surface area contributed by atoms with E-state index in [0.717, 1.165) is 51.6 Å². The Hall–Kier alpha value is -3.26. The maximum absolute atomic E-state index is 13.4. The molecule has 0 aliphatic carbocycles. The van der Waals surface area contributed by atoms with Gasteiger partial charge in [-0.1, -0.05) is 12.1 Å². The number of fused-ring (bicyclic) bond motifs is 1. The number of carbonyl (C=O) groups excluding carboxylic acids is 1. The van der Waals surface area contributed by atoms with Crippen LogP contribution in [-0.4, -0.2) is 59.6 Å². The number of nitrogens with one attached hydrogen (secondary N) is 1. The Balaban J connectivity index is 1.15. The van der Waals surface area contributed by atoms with Gasteiger partial charge in [0.05, 0.1) is 17.2 Å². The molecule has 7 nitrogen and oxygen atoms in total. The van der Waals surface area contributed by atoms with Crippen LogP contribution in [0, 0.1) is 12.7 Å². The van der Waals surface area contributed by atoms with E-state index in [1.807, 2.05) is 0 Å². The summed E-state index contributed by atoms with van der Waals surface area (Å²) in [5.41, 5.74) is 2.58. The fourth-order valence-corrected chi connectivity index (χ4v) is 4.20. The summed E-state index contributed by atoms with van der Waals surface area (Å²) in [6.45, 7) is 7.70. The summed E-state index contributed by atoms with van der Waals surface area (Å²) in [5.74, 6) is -0.749. The lowest BCUT2D eigenvalue weighted by Gasteiger charge is -2.36. The first kappa shape index (κ1) is 22.9. The summed E-state index contributed by atoms with van der Waals surface area (Å²) in [6, 6.07) is 12.5. The number of nitrogens with zero attached hydrogens (tertiary/aromatic N) is 4. The quantitative estimate of drug-likeness (QED) is 0.533. The van der Waals surface area contributed by atoms with Crippen molar-refractivity contribution in [1.82, 2.24) is 19.8 Å². The van der Waals surface area contributed by atoms with Crippen molar-refractivity contribution >= 4 is 22.5 Å². The van der Waals surface area contributed by atoms with Crippen LogP contribution in [0.15, 0.2) is 53.6 Å². The van der Waals surface area contributed by atoms with Gasteiger partial charge >= 0.3 is 0 Å². The van der Waals surface area contributed by atoms with Crippen LogP contribution in [0.4, 0.5) is 10.1 Å². The molecule has 1 aromatic heterocycles. The van der Waals surface area contributed by atoms with E-state index in [0.29, 0.717) is 12.1 Å². The lowest BCUT2D eigenvalue weighted by atomic mass is 10.2. The number of aromatic nitrogens is 2. The van der Waals surface area contributed by atoms with Gasteiger partial charge in [-0.05, 0) is 62.2 Å². The van der Waals surface area contributed by atoms with E-state index in [1.54, 1.807) is 0 Å². The Kier molecular flexibility index (Phi) is 7.34. The lowest BCUT2D eigenvalue weighted by molar-refractivity contribution is -0.121. The van der Waals surface area contributed by atoms with Gasteiger partial charge in [-0.25, -0.2) is 9.37 Å². The zero-order valence-electron chi connectivity index (χ0n) is 19.0. The molecule has 1 fully saturated rings. The van der Waals surface area contributed by atoms with Crippen molar-refractivity contribution in [2.45, 2.75) is 26.3 Å². The third-order valence-corrected chi connectivity index (χ3v) is 6.06. The molecule has 33 heavy (non-hydrogen) atoms. The van der Waals surface area contributed by atoms with E-state index in [4.69, 9.17) is 0 Å². The Labute approximate surface area is 192 Å². The summed E-state index contributed by atoms with van der Waals surface area (Å²) in [4.78, 5) is 33.7. The van der Waals surface area contributed by atoms with Crippen molar-refractivity contribution in [1.29, 1.82) is 0 Å². The van der Waals surface area contributed by atoms with Crippen LogP contribution in [0.1, 0.15) is 18.4 Å². The highest BCUT2D eigenvalue weighted by Crippen LogP contribution is 2.18. The molecule has 1 aliphatic rings. The Morgan fingerprint density at radius 3 is 2.70 bits per heavy atom. The molecule has 0 unspecified atom stereocenters. The highest BCUT2D eigenvalue weighted by molar-refractivity contribution is 5.79. The van der Waals surface area contributed by atoms with Gasteiger partial charge in [0, 0.05) is 38.4 Å². The highest BCUT2D eigenvalue weighted by Gasteiger charge is 2.17. The molecule has 0 radical (unpaired) electrons. The first-order chi connectivity index (χ1) is 16.0. The Morgan fingerprint density at radius 1 is 1.09 bits per heavy atom. The minimum absolute atomic E-state index is 0.126. The van der Waals surface area contributed by atoms with Crippen molar-refractivity contribution in [2.24, 2.45) is 0 Å². The fourth-order valence-electron chi connectivity index (χ4n) is 4.20.